The molecule has 3 rings (SSSR count). The number of hydrogen-bond acceptors (Lipinski definition) is 4. The highest BCUT2D eigenvalue weighted by molar-refractivity contribution is 7.89. The van der Waals surface area contributed by atoms with Crippen molar-refractivity contribution in [1.29, 1.82) is 0 Å². The molecule has 0 amide bonds. The topological polar surface area (TPSA) is 62.6 Å². The van der Waals surface area contributed by atoms with E-state index < -0.39 is 10.0 Å². The summed E-state index contributed by atoms with van der Waals surface area (Å²) in [7, 11) is -3.45. The molecule has 2 fully saturated rings. The normalized spacial score (nSPS) is 25.6. The average molecular weight is 256 g/mol. The molecule has 1 aromatic heterocycles. The molecule has 1 aliphatic heterocycles. The lowest BCUT2D eigenvalue weighted by atomic mass is 10.2. The molecule has 17 heavy (non-hydrogen) atoms. The smallest absolute Gasteiger partial charge is 0.276 e. The van der Waals surface area contributed by atoms with Gasteiger partial charge in [0.25, 0.3) is 10.0 Å². The molecule has 1 atom stereocenters. The second-order valence-electron chi connectivity index (χ2n) is 4.64. The van der Waals surface area contributed by atoms with Crippen LogP contribution in [0, 0.1) is 0 Å². The van der Waals surface area contributed by atoms with Crippen LogP contribution < -0.4 is 5.32 Å². The highest BCUT2D eigenvalue weighted by Crippen LogP contribution is 2.35. The second kappa shape index (κ2) is 4.12. The number of nitrogens with one attached hydrogen (secondary N) is 1. The van der Waals surface area contributed by atoms with Gasteiger partial charge in [0.15, 0.2) is 0 Å². The first-order chi connectivity index (χ1) is 8.19. The molecule has 0 spiro atoms. The number of sulfonamides is 1. The molecular weight excluding hydrogens is 240 g/mol. The molecule has 6 heteroatoms. The Balaban J connectivity index is 1.93. The summed E-state index contributed by atoms with van der Waals surface area (Å²) >= 11 is 0. The van der Waals surface area contributed by atoms with Crippen LogP contribution in [-0.2, 0) is 10.0 Å². The van der Waals surface area contributed by atoms with Crippen LogP contribution in [0.5, 0.6) is 0 Å². The standard InChI is InChI=1S/C11H16N2O3S/c14-17(15,11-2-1-7-16-11)13(9-3-4-9)10-5-6-12-8-10/h1-2,7,9-10,12H,3-6,8H2. The highest BCUT2D eigenvalue weighted by atomic mass is 32.2. The lowest BCUT2D eigenvalue weighted by Gasteiger charge is -2.26. The van der Waals surface area contributed by atoms with Gasteiger partial charge in [-0.05, 0) is 37.9 Å². The van der Waals surface area contributed by atoms with E-state index >= 15 is 0 Å². The van der Waals surface area contributed by atoms with Crippen molar-refractivity contribution in [2.24, 2.45) is 0 Å². The minimum atomic E-state index is -3.45. The van der Waals surface area contributed by atoms with Gasteiger partial charge in [-0.25, -0.2) is 8.42 Å². The van der Waals surface area contributed by atoms with Crippen molar-refractivity contribution in [3.63, 3.8) is 0 Å². The number of nitrogens with zero attached hydrogens (tertiary/aromatic N) is 1. The zero-order valence-corrected chi connectivity index (χ0v) is 10.3. The first kappa shape index (κ1) is 11.3. The van der Waals surface area contributed by atoms with Crippen LogP contribution >= 0.6 is 0 Å². The molecule has 1 saturated carbocycles. The van der Waals surface area contributed by atoms with Crippen molar-refractivity contribution >= 4 is 10.0 Å². The first-order valence-electron chi connectivity index (χ1n) is 5.97. The number of hydrogen-bond donors (Lipinski definition) is 1. The van der Waals surface area contributed by atoms with Crippen molar-refractivity contribution in [2.75, 3.05) is 13.1 Å². The van der Waals surface area contributed by atoms with Crippen molar-refractivity contribution in [1.82, 2.24) is 9.62 Å². The van der Waals surface area contributed by atoms with E-state index in [4.69, 9.17) is 4.42 Å². The van der Waals surface area contributed by atoms with Crippen LogP contribution in [0.2, 0.25) is 0 Å². The Morgan fingerprint density at radius 2 is 2.12 bits per heavy atom. The molecule has 2 heterocycles. The summed E-state index contributed by atoms with van der Waals surface area (Å²) in [6.07, 6.45) is 4.23. The van der Waals surface area contributed by atoms with Crippen LogP contribution in [0.3, 0.4) is 0 Å². The third-order valence-electron chi connectivity index (χ3n) is 3.33. The first-order valence-corrected chi connectivity index (χ1v) is 7.41. The highest BCUT2D eigenvalue weighted by Gasteiger charge is 2.44. The van der Waals surface area contributed by atoms with Crippen LogP contribution in [0.4, 0.5) is 0 Å². The Bertz CT molecular complexity index is 473. The summed E-state index contributed by atoms with van der Waals surface area (Å²) in [5.74, 6) is 0. The van der Waals surface area contributed by atoms with Gasteiger partial charge in [-0.3, -0.25) is 0 Å². The van der Waals surface area contributed by atoms with Gasteiger partial charge in [-0.2, -0.15) is 4.31 Å². The Labute approximate surface area is 101 Å². The molecule has 94 valence electrons. The van der Waals surface area contributed by atoms with E-state index in [0.29, 0.717) is 0 Å². The largest absolute Gasteiger partial charge is 0.452 e. The van der Waals surface area contributed by atoms with E-state index in [2.05, 4.69) is 5.32 Å². The fourth-order valence-electron chi connectivity index (χ4n) is 2.39. The van der Waals surface area contributed by atoms with Gasteiger partial charge in [-0.15, -0.1) is 0 Å². The van der Waals surface area contributed by atoms with E-state index in [9.17, 15) is 8.42 Å². The van der Waals surface area contributed by atoms with Crippen LogP contribution in [0.15, 0.2) is 27.9 Å². The predicted octanol–water partition coefficient (Wildman–Crippen LogP) is 0.795. The van der Waals surface area contributed by atoms with E-state index in [0.717, 1.165) is 32.4 Å². The summed E-state index contributed by atoms with van der Waals surface area (Å²) < 4.78 is 31.7. The fraction of sp³-hybridized carbons (Fsp3) is 0.636. The molecular formula is C11H16N2O3S. The van der Waals surface area contributed by atoms with Gasteiger partial charge in [0, 0.05) is 18.6 Å². The second-order valence-corrected chi connectivity index (χ2v) is 6.42. The Kier molecular flexibility index (Phi) is 2.72. The van der Waals surface area contributed by atoms with Crippen LogP contribution in [0.1, 0.15) is 19.3 Å². The van der Waals surface area contributed by atoms with E-state index in [1.165, 1.54) is 12.3 Å². The SMILES string of the molecule is O=S(=O)(c1ccco1)N(C1CC1)C1CCNC1. The number of rotatable bonds is 4. The van der Waals surface area contributed by atoms with Gasteiger partial charge < -0.3 is 9.73 Å². The van der Waals surface area contributed by atoms with Crippen LogP contribution in [-0.4, -0.2) is 37.9 Å². The van der Waals surface area contributed by atoms with E-state index in [-0.39, 0.29) is 17.2 Å². The molecule has 2 aliphatic rings. The maximum Gasteiger partial charge on any atom is 0.276 e. The summed E-state index contributed by atoms with van der Waals surface area (Å²) in [6.45, 7) is 1.64. The van der Waals surface area contributed by atoms with Gasteiger partial charge in [0.2, 0.25) is 5.09 Å². The average Bonchev–Trinajstić information content (AvgIpc) is 2.83. The molecule has 1 saturated heterocycles. The molecule has 0 aromatic carbocycles. The Hall–Kier alpha value is -0.850. The predicted molar refractivity (Wildman–Crippen MR) is 62.0 cm³/mol. The lowest BCUT2D eigenvalue weighted by Crippen LogP contribution is -2.42. The van der Waals surface area contributed by atoms with Crippen molar-refractivity contribution in [3.05, 3.63) is 18.4 Å². The zero-order valence-electron chi connectivity index (χ0n) is 9.50. The maximum atomic E-state index is 12.5. The molecule has 1 aliphatic carbocycles. The van der Waals surface area contributed by atoms with Gasteiger partial charge in [0.05, 0.1) is 6.26 Å². The summed E-state index contributed by atoms with van der Waals surface area (Å²) in [4.78, 5) is 0. The zero-order chi connectivity index (χ0) is 11.9. The summed E-state index contributed by atoms with van der Waals surface area (Å²) in [5.41, 5.74) is 0. The molecule has 5 nitrogen and oxygen atoms in total. The Morgan fingerprint density at radius 1 is 1.29 bits per heavy atom. The van der Waals surface area contributed by atoms with Gasteiger partial charge in [-0.1, -0.05) is 0 Å². The third kappa shape index (κ3) is 2.00. The lowest BCUT2D eigenvalue weighted by molar-refractivity contribution is 0.313. The monoisotopic (exact) mass is 256 g/mol. The third-order valence-corrected chi connectivity index (χ3v) is 5.22. The van der Waals surface area contributed by atoms with Crippen molar-refractivity contribution < 1.29 is 12.8 Å². The molecule has 1 unspecified atom stereocenters. The summed E-state index contributed by atoms with van der Waals surface area (Å²) in [5, 5.41) is 3.28. The van der Waals surface area contributed by atoms with E-state index in [1.54, 1.807) is 10.4 Å². The quantitative estimate of drug-likeness (QED) is 0.865. The van der Waals surface area contributed by atoms with Gasteiger partial charge in [0.1, 0.15) is 0 Å². The van der Waals surface area contributed by atoms with Crippen molar-refractivity contribution in [2.45, 2.75) is 36.4 Å². The molecule has 0 bridgehead atoms. The minimum absolute atomic E-state index is 0.0660. The Morgan fingerprint density at radius 3 is 2.65 bits per heavy atom. The fourth-order valence-corrected chi connectivity index (χ4v) is 4.20. The van der Waals surface area contributed by atoms with Crippen molar-refractivity contribution in [3.8, 4) is 0 Å². The van der Waals surface area contributed by atoms with Gasteiger partial charge >= 0.3 is 0 Å². The minimum Gasteiger partial charge on any atom is -0.452 e. The summed E-state index contributed by atoms with van der Waals surface area (Å²) in [6, 6.07) is 3.39. The van der Waals surface area contributed by atoms with E-state index in [1.807, 2.05) is 0 Å². The number of furan rings is 1. The molecule has 1 aromatic rings. The molecule has 1 N–H and O–H groups in total. The maximum absolute atomic E-state index is 12.5. The molecule has 0 radical (unpaired) electrons. The van der Waals surface area contributed by atoms with Crippen LogP contribution in [0.25, 0.3) is 0 Å².